The summed E-state index contributed by atoms with van der Waals surface area (Å²) < 4.78 is 13.1. The van der Waals surface area contributed by atoms with Crippen LogP contribution in [-0.2, 0) is 6.42 Å². The van der Waals surface area contributed by atoms with Gasteiger partial charge in [-0.3, -0.25) is 0 Å². The highest BCUT2D eigenvalue weighted by molar-refractivity contribution is 5.23. The summed E-state index contributed by atoms with van der Waals surface area (Å²) >= 11 is 0. The molecule has 78 valence electrons. The van der Waals surface area contributed by atoms with Gasteiger partial charge >= 0.3 is 0 Å². The molecule has 1 N–H and O–H groups in total. The number of hydrogen-bond acceptors (Lipinski definition) is 1. The number of aryl methyl sites for hydroxylation is 2. The van der Waals surface area contributed by atoms with Crippen LogP contribution in [0.25, 0.3) is 0 Å². The van der Waals surface area contributed by atoms with Crippen LogP contribution in [0.1, 0.15) is 24.0 Å². The Balaban J connectivity index is 2.39. The third kappa shape index (κ3) is 3.46. The van der Waals surface area contributed by atoms with Gasteiger partial charge in [-0.2, -0.15) is 0 Å². The SMILES string of the molecule is CNCCCCc1ccc(C)c(F)c1. The van der Waals surface area contributed by atoms with Gasteiger partial charge in [-0.1, -0.05) is 12.1 Å². The first kappa shape index (κ1) is 11.2. The van der Waals surface area contributed by atoms with E-state index in [0.717, 1.165) is 36.9 Å². The molecule has 1 aromatic rings. The first-order valence-corrected chi connectivity index (χ1v) is 5.13. The van der Waals surface area contributed by atoms with Crippen LogP contribution >= 0.6 is 0 Å². The number of rotatable bonds is 5. The lowest BCUT2D eigenvalue weighted by Crippen LogP contribution is -2.07. The van der Waals surface area contributed by atoms with E-state index in [4.69, 9.17) is 0 Å². The van der Waals surface area contributed by atoms with Crippen LogP contribution in [0.2, 0.25) is 0 Å². The van der Waals surface area contributed by atoms with Crippen LogP contribution in [-0.4, -0.2) is 13.6 Å². The normalized spacial score (nSPS) is 10.5. The fourth-order valence-electron chi connectivity index (χ4n) is 1.42. The number of benzene rings is 1. The zero-order chi connectivity index (χ0) is 10.4. The Morgan fingerprint density at radius 2 is 2.07 bits per heavy atom. The van der Waals surface area contributed by atoms with Gasteiger partial charge in [0.1, 0.15) is 5.82 Å². The molecule has 0 bridgehead atoms. The highest BCUT2D eigenvalue weighted by Gasteiger charge is 1.98. The third-order valence-electron chi connectivity index (χ3n) is 2.38. The van der Waals surface area contributed by atoms with E-state index in [1.54, 1.807) is 13.0 Å². The van der Waals surface area contributed by atoms with E-state index in [0.29, 0.717) is 0 Å². The van der Waals surface area contributed by atoms with Gasteiger partial charge in [0, 0.05) is 0 Å². The summed E-state index contributed by atoms with van der Waals surface area (Å²) in [6.07, 6.45) is 3.23. The van der Waals surface area contributed by atoms with E-state index in [1.807, 2.05) is 19.2 Å². The minimum Gasteiger partial charge on any atom is -0.320 e. The zero-order valence-electron chi connectivity index (χ0n) is 8.94. The Morgan fingerprint density at radius 1 is 1.29 bits per heavy atom. The molecule has 0 atom stereocenters. The van der Waals surface area contributed by atoms with Crippen molar-refractivity contribution in [3.63, 3.8) is 0 Å². The lowest BCUT2D eigenvalue weighted by Gasteiger charge is -2.03. The second-order valence-electron chi connectivity index (χ2n) is 3.64. The van der Waals surface area contributed by atoms with Crippen LogP contribution in [0.5, 0.6) is 0 Å². The van der Waals surface area contributed by atoms with Gasteiger partial charge < -0.3 is 5.32 Å². The zero-order valence-corrected chi connectivity index (χ0v) is 8.94. The molecule has 0 unspecified atom stereocenters. The van der Waals surface area contributed by atoms with Crippen molar-refractivity contribution in [2.45, 2.75) is 26.2 Å². The predicted molar refractivity (Wildman–Crippen MR) is 58.0 cm³/mol. The Labute approximate surface area is 85.3 Å². The van der Waals surface area contributed by atoms with Gasteiger partial charge in [-0.05, 0) is 57.0 Å². The summed E-state index contributed by atoms with van der Waals surface area (Å²) in [5.74, 6) is -0.0869. The van der Waals surface area contributed by atoms with Crippen LogP contribution in [0.3, 0.4) is 0 Å². The van der Waals surface area contributed by atoms with E-state index >= 15 is 0 Å². The predicted octanol–water partition coefficient (Wildman–Crippen LogP) is 2.68. The van der Waals surface area contributed by atoms with Gasteiger partial charge in [0.15, 0.2) is 0 Å². The Bertz CT molecular complexity index is 284. The lowest BCUT2D eigenvalue weighted by molar-refractivity contribution is 0.613. The van der Waals surface area contributed by atoms with Crippen molar-refractivity contribution in [3.8, 4) is 0 Å². The number of unbranched alkanes of at least 4 members (excludes halogenated alkanes) is 1. The third-order valence-corrected chi connectivity index (χ3v) is 2.38. The van der Waals surface area contributed by atoms with Gasteiger partial charge in [0.25, 0.3) is 0 Å². The highest BCUT2D eigenvalue weighted by Crippen LogP contribution is 2.11. The van der Waals surface area contributed by atoms with E-state index in [-0.39, 0.29) is 5.82 Å². The second kappa shape index (κ2) is 5.76. The van der Waals surface area contributed by atoms with Crippen LogP contribution in [0, 0.1) is 12.7 Å². The van der Waals surface area contributed by atoms with E-state index in [1.165, 1.54) is 0 Å². The topological polar surface area (TPSA) is 12.0 Å². The molecule has 0 aliphatic carbocycles. The van der Waals surface area contributed by atoms with Gasteiger partial charge in [-0.15, -0.1) is 0 Å². The Hall–Kier alpha value is -0.890. The highest BCUT2D eigenvalue weighted by atomic mass is 19.1. The van der Waals surface area contributed by atoms with Gasteiger partial charge in [0.05, 0.1) is 0 Å². The molecule has 14 heavy (non-hydrogen) atoms. The van der Waals surface area contributed by atoms with E-state index in [2.05, 4.69) is 5.32 Å². The minimum absolute atomic E-state index is 0.0869. The summed E-state index contributed by atoms with van der Waals surface area (Å²) in [5, 5.41) is 3.10. The molecule has 1 rings (SSSR count). The number of hydrogen-bond donors (Lipinski definition) is 1. The van der Waals surface area contributed by atoms with Crippen molar-refractivity contribution in [2.75, 3.05) is 13.6 Å². The average molecular weight is 195 g/mol. The van der Waals surface area contributed by atoms with Crippen molar-refractivity contribution >= 4 is 0 Å². The first-order chi connectivity index (χ1) is 6.74. The van der Waals surface area contributed by atoms with Crippen molar-refractivity contribution in [1.82, 2.24) is 5.32 Å². The smallest absolute Gasteiger partial charge is 0.126 e. The van der Waals surface area contributed by atoms with Crippen molar-refractivity contribution in [3.05, 3.63) is 35.1 Å². The van der Waals surface area contributed by atoms with Gasteiger partial charge in [0.2, 0.25) is 0 Å². The molecule has 0 saturated heterocycles. The summed E-state index contributed by atoms with van der Waals surface area (Å²) in [6.45, 7) is 2.83. The molecule has 0 radical (unpaired) electrons. The molecule has 0 amide bonds. The molecule has 1 aromatic carbocycles. The molecule has 0 saturated carbocycles. The monoisotopic (exact) mass is 195 g/mol. The van der Waals surface area contributed by atoms with Gasteiger partial charge in [-0.25, -0.2) is 4.39 Å². The fourth-order valence-corrected chi connectivity index (χ4v) is 1.42. The maximum Gasteiger partial charge on any atom is 0.126 e. The molecular formula is C12H18FN. The van der Waals surface area contributed by atoms with E-state index < -0.39 is 0 Å². The first-order valence-electron chi connectivity index (χ1n) is 5.13. The standard InChI is InChI=1S/C12H18FN/c1-10-6-7-11(9-12(10)13)5-3-4-8-14-2/h6-7,9,14H,3-5,8H2,1-2H3. The average Bonchev–Trinajstić information content (AvgIpc) is 2.18. The number of nitrogens with one attached hydrogen (secondary N) is 1. The van der Waals surface area contributed by atoms with Crippen molar-refractivity contribution in [2.24, 2.45) is 0 Å². The molecule has 0 aliphatic rings. The Kier molecular flexibility index (Phi) is 4.60. The summed E-state index contributed by atoms with van der Waals surface area (Å²) in [7, 11) is 1.95. The molecule has 2 heteroatoms. The molecule has 1 nitrogen and oxygen atoms in total. The Morgan fingerprint density at radius 3 is 2.71 bits per heavy atom. The van der Waals surface area contributed by atoms with Crippen LogP contribution in [0.15, 0.2) is 18.2 Å². The molecular weight excluding hydrogens is 177 g/mol. The minimum atomic E-state index is -0.0869. The second-order valence-corrected chi connectivity index (χ2v) is 3.64. The molecule has 0 aromatic heterocycles. The molecule has 0 heterocycles. The maximum atomic E-state index is 13.1. The van der Waals surface area contributed by atoms with Crippen molar-refractivity contribution in [1.29, 1.82) is 0 Å². The fraction of sp³-hybridized carbons (Fsp3) is 0.500. The van der Waals surface area contributed by atoms with Crippen LogP contribution < -0.4 is 5.32 Å². The maximum absolute atomic E-state index is 13.1. The molecule has 0 aliphatic heterocycles. The summed E-state index contributed by atoms with van der Waals surface area (Å²) in [4.78, 5) is 0. The van der Waals surface area contributed by atoms with Crippen molar-refractivity contribution < 1.29 is 4.39 Å². The largest absolute Gasteiger partial charge is 0.320 e. The summed E-state index contributed by atoms with van der Waals surface area (Å²) in [5.41, 5.74) is 1.83. The number of halogens is 1. The van der Waals surface area contributed by atoms with Crippen LogP contribution in [0.4, 0.5) is 4.39 Å². The lowest BCUT2D eigenvalue weighted by atomic mass is 10.1. The summed E-state index contributed by atoms with van der Waals surface area (Å²) in [6, 6.07) is 5.51. The molecule has 0 fully saturated rings. The quantitative estimate of drug-likeness (QED) is 0.712. The van der Waals surface area contributed by atoms with E-state index in [9.17, 15) is 4.39 Å². The molecule has 0 spiro atoms.